The molecule has 9 heavy (non-hydrogen) atoms. The van der Waals surface area contributed by atoms with Gasteiger partial charge in [0.2, 0.25) is 0 Å². The van der Waals surface area contributed by atoms with E-state index in [1.165, 1.54) is 0 Å². The molecule has 0 N–H and O–H groups in total. The number of hydrogen-bond acceptors (Lipinski definition) is 1. The second-order valence-electron chi connectivity index (χ2n) is 0. The van der Waals surface area contributed by atoms with Crippen LogP contribution in [0.5, 0.6) is 0 Å². The summed E-state index contributed by atoms with van der Waals surface area (Å²) in [5.74, 6) is 0. The summed E-state index contributed by atoms with van der Waals surface area (Å²) < 4.78 is 0. The maximum Gasteiger partial charge on any atom is 3.00 e. The quantitative estimate of drug-likeness (QED) is 0.246. The third kappa shape index (κ3) is 74.0. The van der Waals surface area contributed by atoms with E-state index < -0.39 is 0 Å². The molecule has 0 heterocycles. The fourth-order valence-corrected chi connectivity index (χ4v) is 0. The average molecular weight is 552 g/mol. The van der Waals surface area contributed by atoms with Crippen LogP contribution in [0.3, 0.4) is 0 Å². The summed E-state index contributed by atoms with van der Waals surface area (Å²) in [5.41, 5.74) is 0. The van der Waals surface area contributed by atoms with Crippen molar-refractivity contribution in [2.75, 3.05) is 0 Å². The Morgan fingerprint density at radius 3 is 0.778 bits per heavy atom. The van der Waals surface area contributed by atoms with Gasteiger partial charge in [-0.25, -0.2) is 0 Å². The van der Waals surface area contributed by atoms with E-state index in [0.29, 0.717) is 0 Å². The van der Waals surface area contributed by atoms with Gasteiger partial charge in [0.25, 0.3) is 0 Å². The van der Waals surface area contributed by atoms with Gasteiger partial charge in [-0.15, -0.1) is 0 Å². The third-order valence-corrected chi connectivity index (χ3v) is 0. The summed E-state index contributed by atoms with van der Waals surface area (Å²) >= 11 is 0. The van der Waals surface area contributed by atoms with E-state index in [2.05, 4.69) is 6.79 Å². The van der Waals surface area contributed by atoms with Gasteiger partial charge in [0.1, 0.15) is 0 Å². The molecule has 0 bridgehead atoms. The zero-order chi connectivity index (χ0) is 2.00. The summed E-state index contributed by atoms with van der Waals surface area (Å²) in [5, 5.41) is 0. The second-order valence-corrected chi connectivity index (χ2v) is 0. The van der Waals surface area contributed by atoms with Crippen molar-refractivity contribution in [3.8, 4) is 0 Å². The van der Waals surface area contributed by atoms with Crippen LogP contribution in [0.2, 0.25) is 0 Å². The Morgan fingerprint density at radius 1 is 0.778 bits per heavy atom. The Morgan fingerprint density at radius 2 is 0.778 bits per heavy atom. The van der Waals surface area contributed by atoms with Crippen LogP contribution < -0.4 is 0 Å². The number of hydrogen-bond donors (Lipinski definition) is 0. The predicted octanol–water partition coefficient (Wildman–Crippen LogP) is 0.675. The Bertz CT molecular complexity index is 19.0. The van der Waals surface area contributed by atoms with E-state index in [1.54, 1.807) is 0 Å². The minimum atomic E-state index is 0. The van der Waals surface area contributed by atoms with E-state index >= 15 is 0 Å². The fourth-order valence-electron chi connectivity index (χ4n) is 0. The van der Waals surface area contributed by atoms with Gasteiger partial charge in [0.15, 0.2) is 0 Å². The fraction of sp³-hybridized carbons (Fsp3) is 0. The molecule has 3 radical (unpaired) electrons. The Balaban J connectivity index is -0.000000000238. The SMILES string of the molecule is P.[CH-]=O.[CH3-].[CH3-].[Ir+3].[Y].[Y].[Y]. The van der Waals surface area contributed by atoms with Gasteiger partial charge in [-0.05, 0) is 0 Å². The largest absolute Gasteiger partial charge is 3.00 e. The van der Waals surface area contributed by atoms with Crippen LogP contribution >= 0.6 is 9.90 Å². The summed E-state index contributed by atoms with van der Waals surface area (Å²) in [6.45, 7) is 3.25. The monoisotopic (exact) mass is 553 g/mol. The molecule has 51 valence electrons. The first kappa shape index (κ1) is 74.2. The van der Waals surface area contributed by atoms with Crippen molar-refractivity contribution in [3.05, 3.63) is 14.9 Å². The molecule has 0 aliphatic carbocycles. The molecule has 0 fully saturated rings. The van der Waals surface area contributed by atoms with Crippen molar-refractivity contribution in [3.63, 3.8) is 0 Å². The Hall–Kier alpha value is 4.06. The van der Waals surface area contributed by atoms with Gasteiger partial charge in [-0.1, -0.05) is 0 Å². The molecule has 0 aliphatic rings. The molecule has 0 aromatic carbocycles. The van der Waals surface area contributed by atoms with Crippen molar-refractivity contribution < 1.29 is 123 Å². The molecule has 6 heteroatoms. The van der Waals surface area contributed by atoms with Crippen LogP contribution in [0.1, 0.15) is 0 Å². The van der Waals surface area contributed by atoms with Gasteiger partial charge in [-0.2, -0.15) is 9.90 Å². The average Bonchev–Trinajstić information content (AvgIpc) is 1.00. The maximum absolute atomic E-state index is 7.75. The first-order chi connectivity index (χ1) is 1.00. The number of rotatable bonds is 0. The molecule has 1 nitrogen and oxygen atoms in total. The van der Waals surface area contributed by atoms with Gasteiger partial charge in [0.05, 0.1) is 0 Å². The van der Waals surface area contributed by atoms with Crippen molar-refractivity contribution in [2.45, 2.75) is 0 Å². The van der Waals surface area contributed by atoms with Crippen molar-refractivity contribution in [1.82, 2.24) is 0 Å². The van der Waals surface area contributed by atoms with Crippen molar-refractivity contribution in [1.29, 1.82) is 0 Å². The summed E-state index contributed by atoms with van der Waals surface area (Å²) in [6, 6.07) is 0. The molecule has 1 atom stereocenters. The molecule has 0 aromatic heterocycles. The Kier molecular flexibility index (Phi) is 737. The predicted molar refractivity (Wildman–Crippen MR) is 30.7 cm³/mol. The Labute approximate surface area is 151 Å². The molecular formula is C3H10IrOPY3. The van der Waals surface area contributed by atoms with Gasteiger partial charge >= 0.3 is 20.1 Å². The zero-order valence-electron chi connectivity index (χ0n) is 5.76. The molecular weight excluding hydrogens is 542 g/mol. The maximum atomic E-state index is 7.75. The van der Waals surface area contributed by atoms with E-state index in [-0.39, 0.29) is 143 Å². The van der Waals surface area contributed by atoms with E-state index in [4.69, 9.17) is 4.79 Å². The van der Waals surface area contributed by atoms with E-state index in [0.717, 1.165) is 0 Å². The standard InChI is InChI=1S/CHO.2CH3.Ir.H3P.3Y/c1-2;;;;;;;/h1H;2*1H3;;1H3;;;/q3*-1;+3;;;;. The van der Waals surface area contributed by atoms with E-state index in [1.807, 2.05) is 0 Å². The molecule has 0 saturated carbocycles. The molecule has 0 aliphatic heterocycles. The smallest absolute Gasteiger partial charge is 0.545 e. The minimum Gasteiger partial charge on any atom is -0.545 e. The summed E-state index contributed by atoms with van der Waals surface area (Å²) in [4.78, 5) is 7.75. The number of carbonyl (C=O) groups excluding carboxylic acids is 1. The van der Waals surface area contributed by atoms with Crippen LogP contribution in [0.25, 0.3) is 0 Å². The topological polar surface area (TPSA) is 17.1 Å². The zero-order valence-corrected chi connectivity index (χ0v) is 18.1. The normalized spacial score (nSPS) is 0.444. The van der Waals surface area contributed by atoms with Crippen LogP contribution in [-0.4, -0.2) is 6.79 Å². The first-order valence-electron chi connectivity index (χ1n) is 0.236. The molecule has 0 aromatic rings. The van der Waals surface area contributed by atoms with Crippen LogP contribution in [-0.2, 0) is 123 Å². The van der Waals surface area contributed by atoms with Crippen LogP contribution in [0.15, 0.2) is 0 Å². The minimum absolute atomic E-state index is 0. The van der Waals surface area contributed by atoms with Crippen LogP contribution in [0, 0.1) is 14.9 Å². The molecule has 0 rings (SSSR count). The van der Waals surface area contributed by atoms with Crippen molar-refractivity contribution in [2.24, 2.45) is 0 Å². The summed E-state index contributed by atoms with van der Waals surface area (Å²) in [6.07, 6.45) is 0. The van der Waals surface area contributed by atoms with Gasteiger partial charge in [0, 0.05) is 98.1 Å². The van der Waals surface area contributed by atoms with Gasteiger partial charge in [-0.3, -0.25) is 6.79 Å². The molecule has 0 spiro atoms. The third-order valence-electron chi connectivity index (χ3n) is 0. The van der Waals surface area contributed by atoms with Gasteiger partial charge < -0.3 is 19.6 Å². The molecule has 1 unspecified atom stereocenters. The van der Waals surface area contributed by atoms with E-state index in [9.17, 15) is 0 Å². The van der Waals surface area contributed by atoms with Crippen LogP contribution in [0.4, 0.5) is 0 Å². The second kappa shape index (κ2) is 89.5. The summed E-state index contributed by atoms with van der Waals surface area (Å²) in [7, 11) is 0. The molecule has 0 saturated heterocycles. The van der Waals surface area contributed by atoms with Crippen molar-refractivity contribution >= 4 is 16.7 Å². The molecule has 0 amide bonds. The first-order valence-corrected chi connectivity index (χ1v) is 0.236.